The summed E-state index contributed by atoms with van der Waals surface area (Å²) in [4.78, 5) is 27.1. The van der Waals surface area contributed by atoms with Crippen LogP contribution in [0.4, 0.5) is 13.2 Å². The minimum Gasteiger partial charge on any atom is -0.305 e. The highest BCUT2D eigenvalue weighted by molar-refractivity contribution is 5.80. The zero-order valence-corrected chi connectivity index (χ0v) is 11.6. The highest BCUT2D eigenvalue weighted by atomic mass is 19.4. The average Bonchev–Trinajstić information content (AvgIpc) is 2.49. The normalized spacial score (nSPS) is 11.6. The summed E-state index contributed by atoms with van der Waals surface area (Å²) in [7, 11) is 0. The molecule has 0 spiro atoms. The molecule has 23 heavy (non-hydrogen) atoms. The molecular formula is C14H11F3N4O2. The number of halogens is 3. The first-order valence-electron chi connectivity index (χ1n) is 6.37. The van der Waals surface area contributed by atoms with E-state index in [0.717, 1.165) is 6.07 Å². The third kappa shape index (κ3) is 4.77. The third-order valence-electron chi connectivity index (χ3n) is 2.70. The van der Waals surface area contributed by atoms with Crippen LogP contribution in [-0.4, -0.2) is 21.7 Å². The van der Waals surface area contributed by atoms with E-state index >= 15 is 0 Å². The van der Waals surface area contributed by atoms with Crippen molar-refractivity contribution in [1.82, 2.24) is 15.0 Å². The highest BCUT2D eigenvalue weighted by Crippen LogP contribution is 2.27. The fourth-order valence-corrected chi connectivity index (χ4v) is 1.64. The third-order valence-corrected chi connectivity index (χ3v) is 2.70. The number of rotatable bonds is 4. The summed E-state index contributed by atoms with van der Waals surface area (Å²) >= 11 is 0. The molecule has 0 atom stereocenters. The van der Waals surface area contributed by atoms with Gasteiger partial charge in [0.05, 0.1) is 17.5 Å². The summed E-state index contributed by atoms with van der Waals surface area (Å²) in [6.45, 7) is -0.581. The Morgan fingerprint density at radius 1 is 1.30 bits per heavy atom. The summed E-state index contributed by atoms with van der Waals surface area (Å²) in [5.74, 6) is -0.737. The van der Waals surface area contributed by atoms with E-state index < -0.39 is 29.8 Å². The van der Waals surface area contributed by atoms with Gasteiger partial charge >= 0.3 is 6.18 Å². The van der Waals surface area contributed by atoms with Crippen LogP contribution >= 0.6 is 0 Å². The van der Waals surface area contributed by atoms with Gasteiger partial charge in [0, 0.05) is 18.5 Å². The van der Waals surface area contributed by atoms with E-state index in [0.29, 0.717) is 22.5 Å². The Labute approximate surface area is 128 Å². The van der Waals surface area contributed by atoms with Crippen molar-refractivity contribution >= 4 is 12.1 Å². The molecule has 6 nitrogen and oxygen atoms in total. The molecule has 9 heteroatoms. The minimum absolute atomic E-state index is 0.490. The van der Waals surface area contributed by atoms with Crippen molar-refractivity contribution in [2.75, 3.05) is 0 Å². The number of aromatic nitrogens is 2. The predicted octanol–water partition coefficient (Wildman–Crippen LogP) is 1.41. The van der Waals surface area contributed by atoms with Gasteiger partial charge in [0.2, 0.25) is 0 Å². The number of nitrogens with zero attached hydrogens (tertiary/aromatic N) is 3. The van der Waals surface area contributed by atoms with Crippen molar-refractivity contribution < 1.29 is 18.0 Å². The van der Waals surface area contributed by atoms with Gasteiger partial charge in [-0.2, -0.15) is 18.3 Å². The van der Waals surface area contributed by atoms with Crippen LogP contribution in [0.15, 0.2) is 52.6 Å². The number of hydrazone groups is 1. The topological polar surface area (TPSA) is 76.3 Å². The summed E-state index contributed by atoms with van der Waals surface area (Å²) in [6.07, 6.45) is -1.20. The van der Waals surface area contributed by atoms with Gasteiger partial charge in [-0.1, -0.05) is 6.07 Å². The molecule has 0 saturated carbocycles. The van der Waals surface area contributed by atoms with Gasteiger partial charge in [0.15, 0.2) is 0 Å². The number of hydrogen-bond acceptors (Lipinski definition) is 4. The molecule has 2 rings (SSSR count). The summed E-state index contributed by atoms with van der Waals surface area (Å²) in [5, 5.41) is 3.61. The molecule has 0 aliphatic carbocycles. The Morgan fingerprint density at radius 3 is 2.74 bits per heavy atom. The lowest BCUT2D eigenvalue weighted by Gasteiger charge is -2.09. The summed E-state index contributed by atoms with van der Waals surface area (Å²) in [6, 6.07) is 6.49. The van der Waals surface area contributed by atoms with E-state index in [1.54, 1.807) is 18.2 Å². The van der Waals surface area contributed by atoms with Crippen molar-refractivity contribution in [2.24, 2.45) is 5.10 Å². The fraction of sp³-hybridized carbons (Fsp3) is 0.143. The van der Waals surface area contributed by atoms with Gasteiger partial charge in [0.25, 0.3) is 11.5 Å². The lowest BCUT2D eigenvalue weighted by molar-refractivity contribution is -0.138. The second kappa shape index (κ2) is 6.86. The SMILES string of the molecule is O=C(Cn1cc(C(F)(F)F)ccc1=O)N/N=C\c1ccccn1. The van der Waals surface area contributed by atoms with E-state index in [1.807, 2.05) is 0 Å². The first-order valence-corrected chi connectivity index (χ1v) is 6.37. The second-order valence-electron chi connectivity index (χ2n) is 4.43. The Hall–Kier alpha value is -2.97. The van der Waals surface area contributed by atoms with E-state index in [9.17, 15) is 22.8 Å². The summed E-state index contributed by atoms with van der Waals surface area (Å²) < 4.78 is 38.4. The summed E-state index contributed by atoms with van der Waals surface area (Å²) in [5.41, 5.74) is 0.872. The number of amides is 1. The quantitative estimate of drug-likeness (QED) is 0.682. The van der Waals surface area contributed by atoms with Crippen molar-refractivity contribution in [3.63, 3.8) is 0 Å². The highest BCUT2D eigenvalue weighted by Gasteiger charge is 2.31. The molecule has 0 bridgehead atoms. The van der Waals surface area contributed by atoms with Gasteiger partial charge in [0.1, 0.15) is 6.54 Å². The monoisotopic (exact) mass is 324 g/mol. The smallest absolute Gasteiger partial charge is 0.305 e. The standard InChI is InChI=1S/C14H11F3N4O2/c15-14(16,17)10-4-5-13(23)21(8-10)9-12(22)20-19-7-11-3-1-2-6-18-11/h1-8H,9H2,(H,20,22)/b19-7-. The Bertz CT molecular complexity index is 770. The number of carbonyl (C=O) groups excluding carboxylic acids is 1. The van der Waals surface area contributed by atoms with Crippen LogP contribution in [0.3, 0.4) is 0 Å². The van der Waals surface area contributed by atoms with Crippen molar-refractivity contribution in [2.45, 2.75) is 12.7 Å². The first kappa shape index (κ1) is 16.4. The van der Waals surface area contributed by atoms with Gasteiger partial charge in [-0.25, -0.2) is 5.43 Å². The van der Waals surface area contributed by atoms with Crippen LogP contribution < -0.4 is 11.0 Å². The van der Waals surface area contributed by atoms with Crippen LogP contribution in [0, 0.1) is 0 Å². The van der Waals surface area contributed by atoms with E-state index in [2.05, 4.69) is 15.5 Å². The molecule has 1 amide bonds. The van der Waals surface area contributed by atoms with Crippen LogP contribution in [0.1, 0.15) is 11.3 Å². The number of pyridine rings is 2. The zero-order valence-electron chi connectivity index (χ0n) is 11.6. The molecule has 2 aromatic rings. The maximum absolute atomic E-state index is 12.6. The predicted molar refractivity (Wildman–Crippen MR) is 75.7 cm³/mol. The lowest BCUT2D eigenvalue weighted by Crippen LogP contribution is -2.30. The van der Waals surface area contributed by atoms with E-state index in [4.69, 9.17) is 0 Å². The van der Waals surface area contributed by atoms with Crippen LogP contribution in [0.2, 0.25) is 0 Å². The van der Waals surface area contributed by atoms with Gasteiger partial charge < -0.3 is 4.57 Å². The first-order chi connectivity index (χ1) is 10.9. The van der Waals surface area contributed by atoms with E-state index in [-0.39, 0.29) is 0 Å². The molecule has 0 aliphatic rings. The number of alkyl halides is 3. The molecule has 0 radical (unpaired) electrons. The molecule has 0 unspecified atom stereocenters. The van der Waals surface area contributed by atoms with Crippen LogP contribution in [0.25, 0.3) is 0 Å². The maximum Gasteiger partial charge on any atom is 0.417 e. The minimum atomic E-state index is -4.59. The fourth-order valence-electron chi connectivity index (χ4n) is 1.64. The molecule has 0 aliphatic heterocycles. The van der Waals surface area contributed by atoms with E-state index in [1.165, 1.54) is 12.4 Å². The lowest BCUT2D eigenvalue weighted by atomic mass is 10.3. The zero-order chi connectivity index (χ0) is 16.9. The van der Waals surface area contributed by atoms with Gasteiger partial charge in [-0.3, -0.25) is 14.6 Å². The number of hydrogen-bond donors (Lipinski definition) is 1. The number of carbonyl (C=O) groups is 1. The second-order valence-corrected chi connectivity index (χ2v) is 4.43. The molecule has 0 aromatic carbocycles. The van der Waals surface area contributed by atoms with Crippen molar-refractivity contribution in [3.8, 4) is 0 Å². The molecular weight excluding hydrogens is 313 g/mol. The molecule has 0 fully saturated rings. The Balaban J connectivity index is 2.03. The molecule has 2 aromatic heterocycles. The van der Waals surface area contributed by atoms with Gasteiger partial charge in [-0.05, 0) is 18.2 Å². The number of nitrogens with one attached hydrogen (secondary N) is 1. The maximum atomic E-state index is 12.6. The Kier molecular flexibility index (Phi) is 4.89. The largest absolute Gasteiger partial charge is 0.417 e. The molecule has 1 N–H and O–H groups in total. The van der Waals surface area contributed by atoms with Crippen LogP contribution in [-0.2, 0) is 17.5 Å². The van der Waals surface area contributed by atoms with Crippen molar-refractivity contribution in [3.05, 3.63) is 64.3 Å². The molecule has 120 valence electrons. The molecule has 2 heterocycles. The van der Waals surface area contributed by atoms with Gasteiger partial charge in [-0.15, -0.1) is 0 Å². The average molecular weight is 324 g/mol. The Morgan fingerprint density at radius 2 is 2.09 bits per heavy atom. The van der Waals surface area contributed by atoms with Crippen LogP contribution in [0.5, 0.6) is 0 Å². The van der Waals surface area contributed by atoms with Crippen molar-refractivity contribution in [1.29, 1.82) is 0 Å². The molecule has 0 saturated heterocycles.